The minimum atomic E-state index is -0.275. The number of nitrogens with zero attached hydrogens (tertiary/aromatic N) is 2. The van der Waals surface area contributed by atoms with Gasteiger partial charge in [0.2, 0.25) is 5.91 Å². The van der Waals surface area contributed by atoms with Crippen molar-refractivity contribution in [2.75, 3.05) is 10.6 Å². The molecule has 0 aliphatic heterocycles. The lowest BCUT2D eigenvalue weighted by molar-refractivity contribution is -0.116. The summed E-state index contributed by atoms with van der Waals surface area (Å²) < 4.78 is 1.44. The second-order valence-corrected chi connectivity index (χ2v) is 9.84. The molecule has 0 unspecified atom stereocenters. The number of carbonyl (C=O) groups excluding carboxylic acids is 2. The van der Waals surface area contributed by atoms with E-state index in [9.17, 15) is 14.4 Å². The van der Waals surface area contributed by atoms with E-state index in [1.54, 1.807) is 42.5 Å². The van der Waals surface area contributed by atoms with Crippen molar-refractivity contribution in [1.82, 2.24) is 9.55 Å². The summed E-state index contributed by atoms with van der Waals surface area (Å²) in [4.78, 5) is 42.7. The van der Waals surface area contributed by atoms with Crippen LogP contribution in [0.3, 0.4) is 0 Å². The molecule has 0 bridgehead atoms. The van der Waals surface area contributed by atoms with Crippen LogP contribution in [0.25, 0.3) is 10.9 Å². The van der Waals surface area contributed by atoms with Crippen LogP contribution in [0.15, 0.2) is 77.9 Å². The molecule has 2 N–H and O–H groups in total. The van der Waals surface area contributed by atoms with E-state index in [-0.39, 0.29) is 35.8 Å². The van der Waals surface area contributed by atoms with Gasteiger partial charge in [0.15, 0.2) is 0 Å². The van der Waals surface area contributed by atoms with E-state index in [1.807, 2.05) is 31.2 Å². The number of rotatable bonds is 6. The van der Waals surface area contributed by atoms with Gasteiger partial charge < -0.3 is 10.6 Å². The molecule has 1 aromatic heterocycles. The molecule has 0 spiro atoms. The molecule has 0 saturated carbocycles. The highest BCUT2D eigenvalue weighted by Gasteiger charge is 2.16. The summed E-state index contributed by atoms with van der Waals surface area (Å²) in [6.45, 7) is 8.46. The highest BCUT2D eigenvalue weighted by Crippen LogP contribution is 2.24. The van der Waals surface area contributed by atoms with Crippen molar-refractivity contribution in [2.45, 2.75) is 46.1 Å². The Kier molecular flexibility index (Phi) is 7.01. The first-order valence-electron chi connectivity index (χ1n) is 11.9. The number of para-hydroxylation sites is 3. The third-order valence-corrected chi connectivity index (χ3v) is 6.10. The lowest BCUT2D eigenvalue weighted by atomic mass is 9.87. The number of aromatic nitrogens is 2. The molecular formula is C29H30N4O3. The summed E-state index contributed by atoms with van der Waals surface area (Å²) in [6, 6.07) is 20.0. The topological polar surface area (TPSA) is 93.1 Å². The van der Waals surface area contributed by atoms with E-state index < -0.39 is 0 Å². The van der Waals surface area contributed by atoms with E-state index in [0.29, 0.717) is 27.8 Å². The van der Waals surface area contributed by atoms with E-state index >= 15 is 0 Å². The van der Waals surface area contributed by atoms with Gasteiger partial charge in [0.05, 0.1) is 28.6 Å². The van der Waals surface area contributed by atoms with Gasteiger partial charge in [0.25, 0.3) is 11.5 Å². The average molecular weight is 483 g/mol. The third-order valence-electron chi connectivity index (χ3n) is 6.10. The van der Waals surface area contributed by atoms with Crippen LogP contribution < -0.4 is 16.2 Å². The van der Waals surface area contributed by atoms with Crippen LogP contribution in [0, 0.1) is 6.92 Å². The molecule has 4 rings (SSSR count). The van der Waals surface area contributed by atoms with Crippen LogP contribution in [0.5, 0.6) is 0 Å². The Bertz CT molecular complexity index is 1480. The standard InChI is InChI=1S/C29H30N4O3/c1-19-8-7-9-22-26(19)30-18-33(28(22)36)17-16-25(34)31-23-10-5-6-11-24(23)32-27(35)20-12-14-21(15-13-20)29(2,3)4/h5-15,18H,16-17H2,1-4H3,(H,31,34)(H,32,35). The quantitative estimate of drug-likeness (QED) is 0.391. The molecule has 2 amide bonds. The second kappa shape index (κ2) is 10.2. The van der Waals surface area contributed by atoms with Crippen molar-refractivity contribution < 1.29 is 9.59 Å². The zero-order valence-electron chi connectivity index (χ0n) is 21.0. The fourth-order valence-corrected chi connectivity index (χ4v) is 3.95. The fourth-order valence-electron chi connectivity index (χ4n) is 3.95. The number of amides is 2. The van der Waals surface area contributed by atoms with Gasteiger partial charge in [-0.1, -0.05) is 57.2 Å². The number of hydrogen-bond donors (Lipinski definition) is 2. The van der Waals surface area contributed by atoms with Crippen LogP contribution in [0.2, 0.25) is 0 Å². The number of hydrogen-bond acceptors (Lipinski definition) is 4. The van der Waals surface area contributed by atoms with E-state index in [4.69, 9.17) is 0 Å². The molecule has 0 atom stereocenters. The van der Waals surface area contributed by atoms with Crippen molar-refractivity contribution in [3.8, 4) is 0 Å². The summed E-state index contributed by atoms with van der Waals surface area (Å²) in [5.41, 5.74) is 4.07. The molecular weight excluding hydrogens is 452 g/mol. The Morgan fingerprint density at radius 2 is 1.56 bits per heavy atom. The molecule has 7 heteroatoms. The zero-order valence-corrected chi connectivity index (χ0v) is 21.0. The fraction of sp³-hybridized carbons (Fsp3) is 0.241. The van der Waals surface area contributed by atoms with Crippen molar-refractivity contribution in [2.24, 2.45) is 0 Å². The Hall–Kier alpha value is -4.26. The SMILES string of the molecule is Cc1cccc2c(=O)n(CCC(=O)Nc3ccccc3NC(=O)c3ccc(C(C)(C)C)cc3)cnc12. The normalized spacial score (nSPS) is 11.3. The third kappa shape index (κ3) is 5.51. The number of aryl methyl sites for hydroxylation is 2. The summed E-state index contributed by atoms with van der Waals surface area (Å²) in [5.74, 6) is -0.538. The van der Waals surface area contributed by atoms with E-state index in [0.717, 1.165) is 11.1 Å². The van der Waals surface area contributed by atoms with Crippen LogP contribution in [0.4, 0.5) is 11.4 Å². The molecule has 0 radical (unpaired) electrons. The van der Waals surface area contributed by atoms with Crippen molar-refractivity contribution in [3.63, 3.8) is 0 Å². The summed E-state index contributed by atoms with van der Waals surface area (Å²) in [5, 5.41) is 6.25. The first kappa shape index (κ1) is 24.9. The minimum absolute atomic E-state index is 0.00111. The number of nitrogens with one attached hydrogen (secondary N) is 2. The first-order valence-corrected chi connectivity index (χ1v) is 11.9. The molecule has 0 aliphatic rings. The molecule has 0 fully saturated rings. The molecule has 36 heavy (non-hydrogen) atoms. The molecule has 184 valence electrons. The highest BCUT2D eigenvalue weighted by atomic mass is 16.2. The van der Waals surface area contributed by atoms with Crippen LogP contribution >= 0.6 is 0 Å². The smallest absolute Gasteiger partial charge is 0.261 e. The summed E-state index contributed by atoms with van der Waals surface area (Å²) in [6.07, 6.45) is 1.56. The van der Waals surface area contributed by atoms with Gasteiger partial charge >= 0.3 is 0 Å². The maximum absolute atomic E-state index is 12.8. The minimum Gasteiger partial charge on any atom is -0.324 e. The first-order chi connectivity index (χ1) is 17.1. The van der Waals surface area contributed by atoms with Crippen molar-refractivity contribution in [3.05, 3.63) is 100 Å². The van der Waals surface area contributed by atoms with Crippen LogP contribution in [-0.4, -0.2) is 21.4 Å². The Morgan fingerprint density at radius 3 is 2.22 bits per heavy atom. The van der Waals surface area contributed by atoms with Gasteiger partial charge in [-0.2, -0.15) is 0 Å². The molecule has 7 nitrogen and oxygen atoms in total. The van der Waals surface area contributed by atoms with E-state index in [2.05, 4.69) is 36.4 Å². The zero-order chi connectivity index (χ0) is 25.9. The number of benzene rings is 3. The maximum Gasteiger partial charge on any atom is 0.261 e. The van der Waals surface area contributed by atoms with Crippen LogP contribution in [-0.2, 0) is 16.8 Å². The highest BCUT2D eigenvalue weighted by molar-refractivity contribution is 6.07. The lowest BCUT2D eigenvalue weighted by Gasteiger charge is -2.19. The van der Waals surface area contributed by atoms with E-state index in [1.165, 1.54) is 10.9 Å². The molecule has 0 saturated heterocycles. The van der Waals surface area contributed by atoms with Gasteiger partial charge in [0.1, 0.15) is 0 Å². The monoisotopic (exact) mass is 482 g/mol. The number of anilines is 2. The van der Waals surface area contributed by atoms with Gasteiger partial charge in [-0.3, -0.25) is 19.0 Å². The van der Waals surface area contributed by atoms with Gasteiger partial charge in [-0.25, -0.2) is 4.98 Å². The Balaban J connectivity index is 1.42. The summed E-state index contributed by atoms with van der Waals surface area (Å²) >= 11 is 0. The Labute approximate surface area is 210 Å². The number of fused-ring (bicyclic) bond motifs is 1. The van der Waals surface area contributed by atoms with Crippen molar-refractivity contribution in [1.29, 1.82) is 0 Å². The average Bonchev–Trinajstić information content (AvgIpc) is 2.85. The molecule has 4 aromatic rings. The lowest BCUT2D eigenvalue weighted by Crippen LogP contribution is -2.24. The molecule has 1 heterocycles. The maximum atomic E-state index is 12.8. The second-order valence-electron chi connectivity index (χ2n) is 9.84. The van der Waals surface area contributed by atoms with Gasteiger partial charge in [0, 0.05) is 18.5 Å². The largest absolute Gasteiger partial charge is 0.324 e. The number of carbonyl (C=O) groups is 2. The van der Waals surface area contributed by atoms with Gasteiger partial charge in [-0.05, 0) is 53.8 Å². The Morgan fingerprint density at radius 1 is 0.889 bits per heavy atom. The molecule has 3 aromatic carbocycles. The predicted molar refractivity (Wildman–Crippen MR) is 144 cm³/mol. The van der Waals surface area contributed by atoms with Crippen LogP contribution in [0.1, 0.15) is 48.7 Å². The van der Waals surface area contributed by atoms with Crippen molar-refractivity contribution >= 4 is 34.1 Å². The predicted octanol–water partition coefficient (Wildman–Crippen LogP) is 5.28. The molecule has 0 aliphatic carbocycles. The summed E-state index contributed by atoms with van der Waals surface area (Å²) in [7, 11) is 0. The van der Waals surface area contributed by atoms with Gasteiger partial charge in [-0.15, -0.1) is 0 Å².